The summed E-state index contributed by atoms with van der Waals surface area (Å²) in [6, 6.07) is 8.88. The molecular formula is C17H24N2OS. The first-order valence-corrected chi connectivity index (χ1v) is 9.21. The van der Waals surface area contributed by atoms with Crippen molar-refractivity contribution in [2.75, 3.05) is 19.3 Å². The van der Waals surface area contributed by atoms with Crippen LogP contribution in [0.5, 0.6) is 0 Å². The van der Waals surface area contributed by atoms with Crippen LogP contribution in [0.3, 0.4) is 0 Å². The number of nitrogens with one attached hydrogen (secondary N) is 1. The Balaban J connectivity index is 1.83. The molecule has 1 amide bonds. The van der Waals surface area contributed by atoms with Gasteiger partial charge in [-0.05, 0) is 57.0 Å². The molecule has 3 rings (SSSR count). The minimum absolute atomic E-state index is 0.221. The second kappa shape index (κ2) is 6.84. The zero-order chi connectivity index (χ0) is 14.7. The second-order valence-corrected chi connectivity index (χ2v) is 6.81. The van der Waals surface area contributed by atoms with E-state index in [0.29, 0.717) is 12.1 Å². The van der Waals surface area contributed by atoms with Gasteiger partial charge in [0, 0.05) is 23.5 Å². The number of amides is 1. The fraction of sp³-hybridized carbons (Fsp3) is 0.588. The third kappa shape index (κ3) is 3.11. The molecule has 2 heterocycles. The van der Waals surface area contributed by atoms with Crippen molar-refractivity contribution in [1.82, 2.24) is 10.2 Å². The maximum Gasteiger partial charge on any atom is 0.255 e. The molecule has 2 fully saturated rings. The van der Waals surface area contributed by atoms with Crippen LogP contribution >= 0.6 is 11.8 Å². The summed E-state index contributed by atoms with van der Waals surface area (Å²) in [6.45, 7) is 2.01. The number of hydrogen-bond acceptors (Lipinski definition) is 3. The molecule has 1 aromatic rings. The molecule has 2 aliphatic heterocycles. The predicted molar refractivity (Wildman–Crippen MR) is 87.9 cm³/mol. The monoisotopic (exact) mass is 304 g/mol. The van der Waals surface area contributed by atoms with E-state index in [1.54, 1.807) is 11.8 Å². The van der Waals surface area contributed by atoms with Gasteiger partial charge in [0.15, 0.2) is 0 Å². The minimum Gasteiger partial charge on any atom is -0.334 e. The summed E-state index contributed by atoms with van der Waals surface area (Å²) in [5, 5.41) is 3.59. The average molecular weight is 304 g/mol. The van der Waals surface area contributed by atoms with Gasteiger partial charge in [-0.3, -0.25) is 4.79 Å². The third-order valence-electron chi connectivity index (χ3n) is 4.71. The lowest BCUT2D eigenvalue weighted by Gasteiger charge is -2.39. The Morgan fingerprint density at radius 1 is 1.24 bits per heavy atom. The lowest BCUT2D eigenvalue weighted by Crippen LogP contribution is -2.52. The Labute approximate surface area is 131 Å². The van der Waals surface area contributed by atoms with Crippen molar-refractivity contribution < 1.29 is 4.79 Å². The van der Waals surface area contributed by atoms with Crippen LogP contribution in [-0.4, -0.2) is 42.2 Å². The first-order chi connectivity index (χ1) is 10.3. The fourth-order valence-corrected chi connectivity index (χ4v) is 4.23. The molecule has 21 heavy (non-hydrogen) atoms. The molecule has 0 aliphatic carbocycles. The van der Waals surface area contributed by atoms with E-state index in [1.807, 2.05) is 30.5 Å². The number of thioether (sulfide) groups is 1. The van der Waals surface area contributed by atoms with Gasteiger partial charge >= 0.3 is 0 Å². The van der Waals surface area contributed by atoms with E-state index in [9.17, 15) is 4.79 Å². The highest BCUT2D eigenvalue weighted by Gasteiger charge is 2.34. The molecule has 0 saturated carbocycles. The Morgan fingerprint density at radius 3 is 2.86 bits per heavy atom. The van der Waals surface area contributed by atoms with Gasteiger partial charge in [-0.25, -0.2) is 0 Å². The molecule has 0 bridgehead atoms. The molecular weight excluding hydrogens is 280 g/mol. The summed E-state index contributed by atoms with van der Waals surface area (Å²) in [7, 11) is 0. The maximum absolute atomic E-state index is 13.0. The molecule has 3 nitrogen and oxygen atoms in total. The van der Waals surface area contributed by atoms with Crippen molar-refractivity contribution in [3.8, 4) is 0 Å². The minimum atomic E-state index is 0.221. The van der Waals surface area contributed by atoms with E-state index in [1.165, 1.54) is 19.3 Å². The highest BCUT2D eigenvalue weighted by atomic mass is 32.2. The van der Waals surface area contributed by atoms with Gasteiger partial charge in [-0.15, -0.1) is 11.8 Å². The number of piperidine rings is 1. The number of nitrogens with zero attached hydrogens (tertiary/aromatic N) is 1. The molecule has 2 aliphatic rings. The summed E-state index contributed by atoms with van der Waals surface area (Å²) in [5.74, 6) is 0.221. The van der Waals surface area contributed by atoms with Gasteiger partial charge in [-0.2, -0.15) is 0 Å². The van der Waals surface area contributed by atoms with Crippen LogP contribution < -0.4 is 5.32 Å². The molecule has 2 saturated heterocycles. The Bertz CT molecular complexity index is 499. The van der Waals surface area contributed by atoms with Gasteiger partial charge in [-0.1, -0.05) is 12.1 Å². The topological polar surface area (TPSA) is 32.3 Å². The van der Waals surface area contributed by atoms with Crippen molar-refractivity contribution in [2.45, 2.75) is 49.1 Å². The lowest BCUT2D eigenvalue weighted by molar-refractivity contribution is 0.0560. The van der Waals surface area contributed by atoms with Crippen molar-refractivity contribution in [1.29, 1.82) is 0 Å². The summed E-state index contributed by atoms with van der Waals surface area (Å²) >= 11 is 1.66. The standard InChI is InChI=1S/C17H24N2OS/c1-21-16-10-3-2-7-13(16)17(20)19-12-5-4-9-15(19)14-8-6-11-18-14/h2-3,7,10,14-15,18H,4-6,8-9,11-12H2,1H3. The number of carbonyl (C=O) groups excluding carboxylic acids is 1. The Hall–Kier alpha value is -1.00. The first-order valence-electron chi connectivity index (χ1n) is 7.98. The van der Waals surface area contributed by atoms with E-state index >= 15 is 0 Å². The van der Waals surface area contributed by atoms with Crippen molar-refractivity contribution in [3.63, 3.8) is 0 Å². The summed E-state index contributed by atoms with van der Waals surface area (Å²) in [4.78, 5) is 16.3. The molecule has 0 spiro atoms. The van der Waals surface area contributed by atoms with Gasteiger partial charge < -0.3 is 10.2 Å². The van der Waals surface area contributed by atoms with Gasteiger partial charge in [0.25, 0.3) is 5.91 Å². The second-order valence-electron chi connectivity index (χ2n) is 5.96. The van der Waals surface area contributed by atoms with E-state index in [4.69, 9.17) is 0 Å². The SMILES string of the molecule is CSc1ccccc1C(=O)N1CCCCC1C1CCCN1. The average Bonchev–Trinajstić information content (AvgIpc) is 3.08. The fourth-order valence-electron chi connectivity index (χ4n) is 3.64. The molecule has 4 heteroatoms. The van der Waals surface area contributed by atoms with Crippen LogP contribution in [0.15, 0.2) is 29.2 Å². The number of carbonyl (C=O) groups is 1. The van der Waals surface area contributed by atoms with Crippen molar-refractivity contribution >= 4 is 17.7 Å². The summed E-state index contributed by atoms with van der Waals surface area (Å²) < 4.78 is 0. The number of hydrogen-bond donors (Lipinski definition) is 1. The predicted octanol–water partition coefficient (Wildman–Crippen LogP) is 3.16. The molecule has 0 radical (unpaired) electrons. The van der Waals surface area contributed by atoms with Crippen molar-refractivity contribution in [3.05, 3.63) is 29.8 Å². The van der Waals surface area contributed by atoms with Crippen LogP contribution in [0, 0.1) is 0 Å². The molecule has 2 unspecified atom stereocenters. The van der Waals surface area contributed by atoms with Gasteiger partial charge in [0.05, 0.1) is 5.56 Å². The molecule has 0 aromatic heterocycles. The molecule has 1 N–H and O–H groups in total. The van der Waals surface area contributed by atoms with Gasteiger partial charge in [0.2, 0.25) is 0 Å². The molecule has 2 atom stereocenters. The largest absolute Gasteiger partial charge is 0.334 e. The van der Waals surface area contributed by atoms with Crippen LogP contribution in [0.25, 0.3) is 0 Å². The Morgan fingerprint density at radius 2 is 2.10 bits per heavy atom. The van der Waals surface area contributed by atoms with Crippen molar-refractivity contribution in [2.24, 2.45) is 0 Å². The highest BCUT2D eigenvalue weighted by molar-refractivity contribution is 7.98. The molecule has 1 aromatic carbocycles. The third-order valence-corrected chi connectivity index (χ3v) is 5.51. The maximum atomic E-state index is 13.0. The first kappa shape index (κ1) is 14.9. The number of rotatable bonds is 3. The van der Waals surface area contributed by atoms with Crippen LogP contribution in [0.4, 0.5) is 0 Å². The van der Waals surface area contributed by atoms with E-state index in [-0.39, 0.29) is 5.91 Å². The normalized spacial score (nSPS) is 26.0. The smallest absolute Gasteiger partial charge is 0.255 e. The molecule has 114 valence electrons. The van der Waals surface area contributed by atoms with Crippen LogP contribution in [0.1, 0.15) is 42.5 Å². The summed E-state index contributed by atoms with van der Waals surface area (Å²) in [6.07, 6.45) is 8.01. The zero-order valence-corrected chi connectivity index (χ0v) is 13.5. The summed E-state index contributed by atoms with van der Waals surface area (Å²) in [5.41, 5.74) is 0.870. The Kier molecular flexibility index (Phi) is 4.86. The quantitative estimate of drug-likeness (QED) is 0.871. The van der Waals surface area contributed by atoms with E-state index < -0.39 is 0 Å². The zero-order valence-electron chi connectivity index (χ0n) is 12.7. The lowest BCUT2D eigenvalue weighted by atomic mass is 9.93. The highest BCUT2D eigenvalue weighted by Crippen LogP contribution is 2.28. The van der Waals surface area contributed by atoms with E-state index in [2.05, 4.69) is 10.2 Å². The van der Waals surface area contributed by atoms with E-state index in [0.717, 1.165) is 36.4 Å². The van der Waals surface area contributed by atoms with Gasteiger partial charge in [0.1, 0.15) is 0 Å². The van der Waals surface area contributed by atoms with Crippen LogP contribution in [0.2, 0.25) is 0 Å². The van der Waals surface area contributed by atoms with Crippen LogP contribution in [-0.2, 0) is 0 Å². The number of benzene rings is 1. The number of likely N-dealkylation sites (tertiary alicyclic amines) is 1.